The largest absolute Gasteiger partial charge is 0.351 e. The van der Waals surface area contributed by atoms with Crippen LogP contribution in [0.15, 0.2) is 55.0 Å². The first-order valence-electron chi connectivity index (χ1n) is 7.79. The normalized spacial score (nSPS) is 22.4. The van der Waals surface area contributed by atoms with Crippen LogP contribution in [0.2, 0.25) is 0 Å². The molecule has 0 bridgehead atoms. The lowest BCUT2D eigenvalue weighted by atomic mass is 9.95. The number of fused-ring (bicyclic) bond motifs is 1. The molecule has 1 saturated heterocycles. The van der Waals surface area contributed by atoms with E-state index in [4.69, 9.17) is 10.5 Å². The van der Waals surface area contributed by atoms with E-state index in [1.54, 1.807) is 30.5 Å². The quantitative estimate of drug-likeness (QED) is 0.761. The Morgan fingerprint density at radius 3 is 2.88 bits per heavy atom. The number of aromatic nitrogens is 2. The maximum absolute atomic E-state index is 13.4. The fourth-order valence-corrected chi connectivity index (χ4v) is 2.98. The molecular weight excluding hydrogens is 323 g/mol. The number of rotatable bonds is 3. The molecule has 1 aromatic heterocycles. The number of halogens is 1. The fourth-order valence-electron chi connectivity index (χ4n) is 2.98. The van der Waals surface area contributed by atoms with Gasteiger partial charge in [0.2, 0.25) is 0 Å². The van der Waals surface area contributed by atoms with Crippen LogP contribution in [-0.2, 0) is 4.74 Å². The Morgan fingerprint density at radius 2 is 2.08 bits per heavy atom. The molecule has 1 fully saturated rings. The van der Waals surface area contributed by atoms with Crippen molar-refractivity contribution in [2.75, 3.05) is 0 Å². The lowest BCUT2D eigenvalue weighted by Crippen LogP contribution is -2.61. The Morgan fingerprint density at radius 1 is 1.24 bits per heavy atom. The highest BCUT2D eigenvalue weighted by molar-refractivity contribution is 6.05. The highest BCUT2D eigenvalue weighted by atomic mass is 19.1. The first kappa shape index (κ1) is 15.6. The van der Waals surface area contributed by atoms with Crippen LogP contribution in [-0.4, -0.2) is 28.1 Å². The molecule has 3 aromatic rings. The van der Waals surface area contributed by atoms with E-state index in [-0.39, 0.29) is 11.7 Å². The zero-order valence-electron chi connectivity index (χ0n) is 13.1. The zero-order valence-corrected chi connectivity index (χ0v) is 13.1. The topological polar surface area (TPSA) is 90.1 Å². The van der Waals surface area contributed by atoms with Crippen molar-refractivity contribution in [2.45, 2.75) is 18.4 Å². The smallest absolute Gasteiger partial charge is 0.253 e. The van der Waals surface area contributed by atoms with Crippen molar-refractivity contribution in [3.8, 4) is 0 Å². The molecule has 1 aliphatic heterocycles. The van der Waals surface area contributed by atoms with Crippen LogP contribution in [0.1, 0.15) is 22.0 Å². The summed E-state index contributed by atoms with van der Waals surface area (Å²) in [5.41, 5.74) is 7.49. The molecule has 1 aliphatic rings. The molecule has 2 aromatic carbocycles. The van der Waals surface area contributed by atoms with Crippen molar-refractivity contribution in [3.63, 3.8) is 0 Å². The van der Waals surface area contributed by atoms with Gasteiger partial charge >= 0.3 is 0 Å². The Labute approximate surface area is 142 Å². The number of benzene rings is 2. The summed E-state index contributed by atoms with van der Waals surface area (Å²) in [6, 6.07) is 10.9. The molecular formula is C18H15FN4O2. The molecule has 6 nitrogen and oxygen atoms in total. The first-order valence-corrected chi connectivity index (χ1v) is 7.79. The van der Waals surface area contributed by atoms with Gasteiger partial charge in [0, 0.05) is 11.6 Å². The summed E-state index contributed by atoms with van der Waals surface area (Å²) in [6.45, 7) is 0. The molecule has 0 spiro atoms. The van der Waals surface area contributed by atoms with Gasteiger partial charge < -0.3 is 15.8 Å². The predicted octanol–water partition coefficient (Wildman–Crippen LogP) is 1.92. The molecule has 7 heteroatoms. The molecule has 2 heterocycles. The third-order valence-corrected chi connectivity index (χ3v) is 4.24. The number of para-hydroxylation sites is 1. The molecule has 126 valence electrons. The van der Waals surface area contributed by atoms with Gasteiger partial charge in [0.15, 0.2) is 0 Å². The molecule has 25 heavy (non-hydrogen) atoms. The van der Waals surface area contributed by atoms with E-state index < -0.39 is 18.4 Å². The molecule has 0 saturated carbocycles. The molecule has 4 rings (SSSR count). The number of hydrogen-bond donors (Lipinski definition) is 2. The Bertz CT molecular complexity index is 944. The number of nitrogens with zero attached hydrogens (tertiary/aromatic N) is 2. The van der Waals surface area contributed by atoms with Gasteiger partial charge in [-0.15, -0.1) is 0 Å². The Balaban J connectivity index is 1.59. The van der Waals surface area contributed by atoms with E-state index in [0.29, 0.717) is 16.6 Å². The molecule has 1 amide bonds. The number of nitrogens with one attached hydrogen (secondary N) is 1. The molecule has 0 radical (unpaired) electrons. The minimum Gasteiger partial charge on any atom is -0.351 e. The van der Waals surface area contributed by atoms with Crippen molar-refractivity contribution in [1.29, 1.82) is 0 Å². The van der Waals surface area contributed by atoms with E-state index >= 15 is 0 Å². The minimum atomic E-state index is -0.651. The standard InChI is InChI=1S/C18H15FN4O2/c19-12-5-1-3-10(7-12)16-15(17(20)25-16)23-18(24)13-6-2-4-11-8-21-9-22-14(11)13/h1-9,15-17H,20H2,(H,23,24). The number of hydrogen-bond acceptors (Lipinski definition) is 5. The SMILES string of the molecule is NC1OC(c2cccc(F)c2)C1NC(=O)c1cccc2cncnc12. The Kier molecular flexibility index (Phi) is 3.87. The third-order valence-electron chi connectivity index (χ3n) is 4.24. The highest BCUT2D eigenvalue weighted by Crippen LogP contribution is 2.33. The summed E-state index contributed by atoms with van der Waals surface area (Å²) in [7, 11) is 0. The van der Waals surface area contributed by atoms with Crippen molar-refractivity contribution in [1.82, 2.24) is 15.3 Å². The predicted molar refractivity (Wildman–Crippen MR) is 89.0 cm³/mol. The molecule has 0 aliphatic carbocycles. The summed E-state index contributed by atoms with van der Waals surface area (Å²) in [4.78, 5) is 20.8. The second-order valence-electron chi connectivity index (χ2n) is 5.84. The van der Waals surface area contributed by atoms with Gasteiger partial charge in [0.05, 0.1) is 17.1 Å². The number of carbonyl (C=O) groups is 1. The van der Waals surface area contributed by atoms with Crippen LogP contribution >= 0.6 is 0 Å². The van der Waals surface area contributed by atoms with Gasteiger partial charge in [-0.2, -0.15) is 0 Å². The van der Waals surface area contributed by atoms with Crippen LogP contribution < -0.4 is 11.1 Å². The summed E-state index contributed by atoms with van der Waals surface area (Å²) in [5.74, 6) is -0.674. The summed E-state index contributed by atoms with van der Waals surface area (Å²) < 4.78 is 18.9. The van der Waals surface area contributed by atoms with E-state index in [9.17, 15) is 9.18 Å². The maximum Gasteiger partial charge on any atom is 0.253 e. The van der Waals surface area contributed by atoms with E-state index in [2.05, 4.69) is 15.3 Å². The number of ether oxygens (including phenoxy) is 1. The van der Waals surface area contributed by atoms with Crippen LogP contribution in [0.5, 0.6) is 0 Å². The van der Waals surface area contributed by atoms with Crippen LogP contribution in [0.3, 0.4) is 0 Å². The van der Waals surface area contributed by atoms with Crippen molar-refractivity contribution < 1.29 is 13.9 Å². The number of amides is 1. The lowest BCUT2D eigenvalue weighted by Gasteiger charge is -2.43. The van der Waals surface area contributed by atoms with Gasteiger partial charge in [0.1, 0.15) is 24.5 Å². The van der Waals surface area contributed by atoms with Crippen LogP contribution in [0.4, 0.5) is 4.39 Å². The molecule has 3 atom stereocenters. The van der Waals surface area contributed by atoms with Crippen molar-refractivity contribution in [2.24, 2.45) is 5.73 Å². The van der Waals surface area contributed by atoms with E-state index in [1.807, 2.05) is 6.07 Å². The van der Waals surface area contributed by atoms with Gasteiger partial charge in [-0.05, 0) is 23.8 Å². The lowest BCUT2D eigenvalue weighted by molar-refractivity contribution is -0.153. The third kappa shape index (κ3) is 2.84. The second kappa shape index (κ2) is 6.19. The van der Waals surface area contributed by atoms with Gasteiger partial charge in [-0.25, -0.2) is 14.4 Å². The number of nitrogens with two attached hydrogens (primary N) is 1. The van der Waals surface area contributed by atoms with Crippen molar-refractivity contribution in [3.05, 3.63) is 71.9 Å². The van der Waals surface area contributed by atoms with Crippen molar-refractivity contribution >= 4 is 16.8 Å². The Hall–Kier alpha value is -2.90. The average Bonchev–Trinajstić information content (AvgIpc) is 2.63. The van der Waals surface area contributed by atoms with Gasteiger partial charge in [-0.3, -0.25) is 4.79 Å². The zero-order chi connectivity index (χ0) is 17.4. The highest BCUT2D eigenvalue weighted by Gasteiger charge is 2.42. The molecule has 3 unspecified atom stereocenters. The monoisotopic (exact) mass is 338 g/mol. The van der Waals surface area contributed by atoms with Gasteiger partial charge in [-0.1, -0.05) is 24.3 Å². The number of carbonyl (C=O) groups excluding carboxylic acids is 1. The minimum absolute atomic E-state index is 0.311. The summed E-state index contributed by atoms with van der Waals surface area (Å²) >= 11 is 0. The first-order chi connectivity index (χ1) is 12.1. The maximum atomic E-state index is 13.4. The fraction of sp³-hybridized carbons (Fsp3) is 0.167. The van der Waals surface area contributed by atoms with Gasteiger partial charge in [0.25, 0.3) is 5.91 Å². The summed E-state index contributed by atoms with van der Waals surface area (Å²) in [5, 5.41) is 3.64. The van der Waals surface area contributed by atoms with E-state index in [0.717, 1.165) is 5.39 Å². The summed E-state index contributed by atoms with van der Waals surface area (Å²) in [6.07, 6.45) is 1.90. The second-order valence-corrected chi connectivity index (χ2v) is 5.84. The average molecular weight is 338 g/mol. The van der Waals surface area contributed by atoms with Crippen LogP contribution in [0, 0.1) is 5.82 Å². The van der Waals surface area contributed by atoms with Crippen LogP contribution in [0.25, 0.3) is 10.9 Å². The van der Waals surface area contributed by atoms with E-state index in [1.165, 1.54) is 18.5 Å². The molecule has 3 N–H and O–H groups in total.